The van der Waals surface area contributed by atoms with Crippen LogP contribution in [0.4, 0.5) is 0 Å². The lowest BCUT2D eigenvalue weighted by molar-refractivity contribution is -0.150. The molecule has 3 rings (SSSR count). The number of carbonyl (C=O) groups is 2. The largest absolute Gasteiger partial charge is 0.481 e. The maximum atomic E-state index is 12.9. The number of furan rings is 1. The van der Waals surface area contributed by atoms with Gasteiger partial charge in [-0.15, -0.1) is 0 Å². The van der Waals surface area contributed by atoms with E-state index in [2.05, 4.69) is 0 Å². The number of nitrogens with zero attached hydrogens (tertiary/aromatic N) is 1. The lowest BCUT2D eigenvalue weighted by Crippen LogP contribution is -2.46. The van der Waals surface area contributed by atoms with Crippen LogP contribution >= 0.6 is 0 Å². The Hall–Kier alpha value is -1.82. The van der Waals surface area contributed by atoms with E-state index in [0.29, 0.717) is 45.4 Å². The lowest BCUT2D eigenvalue weighted by Gasteiger charge is -2.38. The zero-order valence-electron chi connectivity index (χ0n) is 13.4. The molecular formula is C17H23NO5. The first-order valence-corrected chi connectivity index (χ1v) is 8.23. The maximum absolute atomic E-state index is 12.9. The highest BCUT2D eigenvalue weighted by Crippen LogP contribution is 2.33. The monoisotopic (exact) mass is 321 g/mol. The van der Waals surface area contributed by atoms with Gasteiger partial charge in [0, 0.05) is 12.5 Å². The number of ether oxygens (including phenoxy) is 1. The fourth-order valence-electron chi connectivity index (χ4n) is 3.56. The molecule has 1 unspecified atom stereocenters. The summed E-state index contributed by atoms with van der Waals surface area (Å²) in [5, 5.41) is 9.08. The summed E-state index contributed by atoms with van der Waals surface area (Å²) in [6.07, 6.45) is 2.47. The van der Waals surface area contributed by atoms with Crippen LogP contribution in [0.25, 0.3) is 0 Å². The minimum absolute atomic E-state index is 0.0812. The van der Waals surface area contributed by atoms with Gasteiger partial charge in [-0.1, -0.05) is 0 Å². The first-order valence-electron chi connectivity index (χ1n) is 8.23. The SMILES string of the molecule is Cc1ccc(C2COCCN2C(=O)C2CCC(C(=O)O)CC2)o1. The van der Waals surface area contributed by atoms with E-state index in [9.17, 15) is 9.59 Å². The topological polar surface area (TPSA) is 80.0 Å². The fraction of sp³-hybridized carbons (Fsp3) is 0.647. The van der Waals surface area contributed by atoms with Crippen molar-refractivity contribution in [1.82, 2.24) is 4.90 Å². The molecule has 2 fully saturated rings. The predicted molar refractivity (Wildman–Crippen MR) is 81.8 cm³/mol. The number of hydrogen-bond acceptors (Lipinski definition) is 4. The first kappa shape index (κ1) is 16.1. The molecule has 0 bridgehead atoms. The molecule has 2 heterocycles. The van der Waals surface area contributed by atoms with Crippen molar-refractivity contribution < 1.29 is 23.8 Å². The van der Waals surface area contributed by atoms with Gasteiger partial charge in [-0.2, -0.15) is 0 Å². The Kier molecular flexibility index (Phi) is 4.71. The molecule has 23 heavy (non-hydrogen) atoms. The van der Waals surface area contributed by atoms with Gasteiger partial charge in [-0.25, -0.2) is 0 Å². The Labute approximate surface area is 135 Å². The highest BCUT2D eigenvalue weighted by molar-refractivity contribution is 5.80. The van der Waals surface area contributed by atoms with Crippen LogP contribution in [-0.2, 0) is 14.3 Å². The van der Waals surface area contributed by atoms with E-state index in [0.717, 1.165) is 11.5 Å². The number of carbonyl (C=O) groups excluding carboxylic acids is 1. The van der Waals surface area contributed by atoms with E-state index >= 15 is 0 Å². The summed E-state index contributed by atoms with van der Waals surface area (Å²) in [4.78, 5) is 25.8. The summed E-state index contributed by atoms with van der Waals surface area (Å²) in [7, 11) is 0. The number of aryl methyl sites for hydroxylation is 1. The van der Waals surface area contributed by atoms with Gasteiger partial charge in [-0.05, 0) is 44.7 Å². The highest BCUT2D eigenvalue weighted by atomic mass is 16.5. The van der Waals surface area contributed by atoms with Gasteiger partial charge in [0.1, 0.15) is 17.6 Å². The number of amides is 1. The molecule has 1 amide bonds. The zero-order valence-corrected chi connectivity index (χ0v) is 13.4. The summed E-state index contributed by atoms with van der Waals surface area (Å²) < 4.78 is 11.2. The molecule has 1 saturated carbocycles. The van der Waals surface area contributed by atoms with Crippen LogP contribution in [0.2, 0.25) is 0 Å². The number of morpholine rings is 1. The molecule has 1 atom stereocenters. The van der Waals surface area contributed by atoms with E-state index in [1.165, 1.54) is 0 Å². The van der Waals surface area contributed by atoms with Crippen molar-refractivity contribution in [3.8, 4) is 0 Å². The zero-order chi connectivity index (χ0) is 16.4. The number of rotatable bonds is 3. The number of carboxylic acid groups (broad SMARTS) is 1. The van der Waals surface area contributed by atoms with Crippen LogP contribution in [0.15, 0.2) is 16.5 Å². The molecule has 1 saturated heterocycles. The smallest absolute Gasteiger partial charge is 0.306 e. The molecule has 1 aliphatic carbocycles. The van der Waals surface area contributed by atoms with Crippen molar-refractivity contribution in [2.24, 2.45) is 11.8 Å². The number of aliphatic carboxylic acids is 1. The van der Waals surface area contributed by atoms with Gasteiger partial charge in [0.05, 0.1) is 19.1 Å². The third-order valence-corrected chi connectivity index (χ3v) is 4.93. The van der Waals surface area contributed by atoms with Gasteiger partial charge >= 0.3 is 5.97 Å². The molecule has 1 aromatic rings. The van der Waals surface area contributed by atoms with Gasteiger partial charge in [0.2, 0.25) is 5.91 Å². The molecule has 0 spiro atoms. The molecule has 126 valence electrons. The van der Waals surface area contributed by atoms with E-state index in [-0.39, 0.29) is 23.8 Å². The molecule has 6 nitrogen and oxygen atoms in total. The van der Waals surface area contributed by atoms with E-state index in [1.54, 1.807) is 0 Å². The Bertz CT molecular complexity index is 573. The van der Waals surface area contributed by atoms with E-state index in [1.807, 2.05) is 24.0 Å². The van der Waals surface area contributed by atoms with Gasteiger partial charge < -0.3 is 19.2 Å². The van der Waals surface area contributed by atoms with Gasteiger partial charge in [0.25, 0.3) is 0 Å². The van der Waals surface area contributed by atoms with Crippen molar-refractivity contribution in [3.63, 3.8) is 0 Å². The van der Waals surface area contributed by atoms with Crippen molar-refractivity contribution in [2.45, 2.75) is 38.6 Å². The summed E-state index contributed by atoms with van der Waals surface area (Å²) in [6.45, 7) is 3.42. The highest BCUT2D eigenvalue weighted by Gasteiger charge is 2.37. The molecule has 1 aromatic heterocycles. The molecule has 2 aliphatic rings. The van der Waals surface area contributed by atoms with Gasteiger partial charge in [0.15, 0.2) is 0 Å². The summed E-state index contributed by atoms with van der Waals surface area (Å²) >= 11 is 0. The van der Waals surface area contributed by atoms with E-state index in [4.69, 9.17) is 14.3 Å². The Morgan fingerprint density at radius 3 is 2.48 bits per heavy atom. The summed E-state index contributed by atoms with van der Waals surface area (Å²) in [5.41, 5.74) is 0. The average molecular weight is 321 g/mol. The van der Waals surface area contributed by atoms with Crippen molar-refractivity contribution in [3.05, 3.63) is 23.7 Å². The van der Waals surface area contributed by atoms with Crippen LogP contribution < -0.4 is 0 Å². The summed E-state index contributed by atoms with van der Waals surface area (Å²) in [5.74, 6) is 0.562. The standard InChI is InChI=1S/C17H23NO5/c1-11-2-7-15(23-11)14-10-22-9-8-18(14)16(19)12-3-5-13(6-4-12)17(20)21/h2,7,12-14H,3-6,8-10H2,1H3,(H,20,21). The Morgan fingerprint density at radius 2 is 1.87 bits per heavy atom. The molecular weight excluding hydrogens is 298 g/mol. The minimum Gasteiger partial charge on any atom is -0.481 e. The normalized spacial score (nSPS) is 28.6. The van der Waals surface area contributed by atoms with E-state index < -0.39 is 5.97 Å². The quantitative estimate of drug-likeness (QED) is 0.924. The van der Waals surface area contributed by atoms with Crippen LogP contribution in [-0.4, -0.2) is 41.6 Å². The Morgan fingerprint density at radius 1 is 1.17 bits per heavy atom. The van der Waals surface area contributed by atoms with Crippen LogP contribution in [0.1, 0.15) is 43.2 Å². The third-order valence-electron chi connectivity index (χ3n) is 4.93. The van der Waals surface area contributed by atoms with Gasteiger partial charge in [-0.3, -0.25) is 9.59 Å². The maximum Gasteiger partial charge on any atom is 0.306 e. The molecule has 1 aliphatic heterocycles. The van der Waals surface area contributed by atoms with Crippen LogP contribution in [0.5, 0.6) is 0 Å². The second-order valence-corrected chi connectivity index (χ2v) is 6.46. The van der Waals surface area contributed by atoms with Crippen molar-refractivity contribution in [1.29, 1.82) is 0 Å². The lowest BCUT2D eigenvalue weighted by atomic mass is 9.81. The second kappa shape index (κ2) is 6.74. The average Bonchev–Trinajstić information content (AvgIpc) is 3.00. The molecule has 0 aromatic carbocycles. The summed E-state index contributed by atoms with van der Waals surface area (Å²) in [6, 6.07) is 3.61. The molecule has 1 N–H and O–H groups in total. The van der Waals surface area contributed by atoms with Crippen molar-refractivity contribution >= 4 is 11.9 Å². The molecule has 0 radical (unpaired) electrons. The van der Waals surface area contributed by atoms with Crippen LogP contribution in [0, 0.1) is 18.8 Å². The van der Waals surface area contributed by atoms with Crippen molar-refractivity contribution in [2.75, 3.05) is 19.8 Å². The molecule has 6 heteroatoms. The predicted octanol–water partition coefficient (Wildman–Crippen LogP) is 2.38. The fourth-order valence-corrected chi connectivity index (χ4v) is 3.56. The third kappa shape index (κ3) is 3.42. The Balaban J connectivity index is 1.68. The number of hydrogen-bond donors (Lipinski definition) is 1. The first-order chi connectivity index (χ1) is 11.1. The minimum atomic E-state index is -0.744. The second-order valence-electron chi connectivity index (χ2n) is 6.46. The van der Waals surface area contributed by atoms with Crippen LogP contribution in [0.3, 0.4) is 0 Å². The number of carboxylic acids is 1.